The summed E-state index contributed by atoms with van der Waals surface area (Å²) in [7, 11) is 4.04. The monoisotopic (exact) mass is 350 g/mol. The first-order valence-corrected chi connectivity index (χ1v) is 9.08. The second kappa shape index (κ2) is 8.19. The molecule has 1 heterocycles. The van der Waals surface area contributed by atoms with E-state index >= 15 is 0 Å². The van der Waals surface area contributed by atoms with Gasteiger partial charge in [-0.1, -0.05) is 30.3 Å². The van der Waals surface area contributed by atoms with Crippen molar-refractivity contribution in [2.75, 3.05) is 33.7 Å². The van der Waals surface area contributed by atoms with E-state index in [9.17, 15) is 9.90 Å². The number of phenolic OH excluding ortho intramolecular Hbond substituents is 1. The van der Waals surface area contributed by atoms with E-state index in [2.05, 4.69) is 11.0 Å². The molecule has 2 aromatic rings. The Balaban J connectivity index is 1.89. The Labute approximate surface area is 155 Å². The molecule has 26 heavy (non-hydrogen) atoms. The number of likely N-dealkylation sites (tertiary alicyclic amines) is 1. The molecular formula is C22H26N2O2. The van der Waals surface area contributed by atoms with Crippen LogP contribution >= 0.6 is 0 Å². The highest BCUT2D eigenvalue weighted by Crippen LogP contribution is 2.26. The third-order valence-corrected chi connectivity index (χ3v) is 4.65. The summed E-state index contributed by atoms with van der Waals surface area (Å²) in [5.74, 6) is 0.365. The second-order valence-electron chi connectivity index (χ2n) is 7.01. The molecule has 0 radical (unpaired) electrons. The number of nitrogens with zero attached hydrogens (tertiary/aromatic N) is 2. The number of carbonyl (C=O) groups is 1. The number of rotatable bonds is 5. The van der Waals surface area contributed by atoms with Crippen LogP contribution in [0.1, 0.15) is 34.3 Å². The van der Waals surface area contributed by atoms with Crippen molar-refractivity contribution in [3.05, 3.63) is 71.3 Å². The lowest BCUT2D eigenvalue weighted by Gasteiger charge is -2.16. The van der Waals surface area contributed by atoms with Crippen LogP contribution in [0.3, 0.4) is 0 Å². The standard InChI is InChI=1S/C22H26N2O2/c1-23(2)15-12-21(19-6-5-7-20(25)16-19)17-8-10-18(11-9-17)22(26)24-13-3-4-14-24/h5-12,16,25H,3-4,13-15H2,1-2H3/b21-12+. The zero-order valence-electron chi connectivity index (χ0n) is 15.5. The average molecular weight is 350 g/mol. The third kappa shape index (κ3) is 4.33. The highest BCUT2D eigenvalue weighted by molar-refractivity contribution is 5.95. The minimum absolute atomic E-state index is 0.116. The van der Waals surface area contributed by atoms with E-state index in [-0.39, 0.29) is 11.7 Å². The lowest BCUT2D eigenvalue weighted by Crippen LogP contribution is -2.27. The summed E-state index contributed by atoms with van der Waals surface area (Å²) in [4.78, 5) is 16.5. The SMILES string of the molecule is CN(C)C/C=C(\c1ccc(C(=O)N2CCCC2)cc1)c1cccc(O)c1. The Hall–Kier alpha value is -2.59. The first kappa shape index (κ1) is 18.2. The topological polar surface area (TPSA) is 43.8 Å². The molecule has 0 aliphatic carbocycles. The lowest BCUT2D eigenvalue weighted by molar-refractivity contribution is 0.0793. The average Bonchev–Trinajstić information content (AvgIpc) is 3.16. The van der Waals surface area contributed by atoms with Crippen molar-refractivity contribution in [1.29, 1.82) is 0 Å². The third-order valence-electron chi connectivity index (χ3n) is 4.65. The molecule has 0 saturated carbocycles. The molecule has 0 bridgehead atoms. The number of hydrogen-bond donors (Lipinski definition) is 1. The van der Waals surface area contributed by atoms with Crippen molar-refractivity contribution in [2.24, 2.45) is 0 Å². The summed E-state index contributed by atoms with van der Waals surface area (Å²) in [6.07, 6.45) is 4.34. The molecule has 1 amide bonds. The molecule has 1 N–H and O–H groups in total. The van der Waals surface area contributed by atoms with Gasteiger partial charge in [-0.2, -0.15) is 0 Å². The summed E-state index contributed by atoms with van der Waals surface area (Å²) in [5.41, 5.74) is 3.79. The zero-order valence-corrected chi connectivity index (χ0v) is 15.5. The molecule has 0 unspecified atom stereocenters. The minimum Gasteiger partial charge on any atom is -0.508 e. The van der Waals surface area contributed by atoms with Gasteiger partial charge >= 0.3 is 0 Å². The first-order valence-electron chi connectivity index (χ1n) is 9.08. The van der Waals surface area contributed by atoms with Gasteiger partial charge in [0.15, 0.2) is 0 Å². The maximum atomic E-state index is 12.5. The molecule has 0 atom stereocenters. The molecule has 1 aliphatic heterocycles. The summed E-state index contributed by atoms with van der Waals surface area (Å²) in [6, 6.07) is 15.1. The normalized spacial score (nSPS) is 14.9. The van der Waals surface area contributed by atoms with Gasteiger partial charge in [0.1, 0.15) is 5.75 Å². The molecule has 136 valence electrons. The molecule has 3 rings (SSSR count). The van der Waals surface area contributed by atoms with E-state index in [4.69, 9.17) is 0 Å². The number of amides is 1. The van der Waals surface area contributed by atoms with Gasteiger partial charge in [0.25, 0.3) is 5.91 Å². The maximum absolute atomic E-state index is 12.5. The van der Waals surface area contributed by atoms with Crippen molar-refractivity contribution in [1.82, 2.24) is 9.80 Å². The van der Waals surface area contributed by atoms with Gasteiger partial charge in [0, 0.05) is 25.2 Å². The fourth-order valence-electron chi connectivity index (χ4n) is 3.24. The van der Waals surface area contributed by atoms with Crippen molar-refractivity contribution in [3.8, 4) is 5.75 Å². The fourth-order valence-corrected chi connectivity index (χ4v) is 3.24. The first-order chi connectivity index (χ1) is 12.5. The van der Waals surface area contributed by atoms with Gasteiger partial charge in [-0.05, 0) is 67.9 Å². The number of hydrogen-bond acceptors (Lipinski definition) is 3. The minimum atomic E-state index is 0.116. The number of benzene rings is 2. The van der Waals surface area contributed by atoms with Crippen molar-refractivity contribution in [3.63, 3.8) is 0 Å². The van der Waals surface area contributed by atoms with Crippen LogP contribution in [-0.4, -0.2) is 54.5 Å². The molecule has 2 aromatic carbocycles. The van der Waals surface area contributed by atoms with Crippen LogP contribution in [0.15, 0.2) is 54.6 Å². The Bertz CT molecular complexity index is 788. The van der Waals surface area contributed by atoms with E-state index in [0.717, 1.165) is 54.7 Å². The highest BCUT2D eigenvalue weighted by Gasteiger charge is 2.19. The number of likely N-dealkylation sites (N-methyl/N-ethyl adjacent to an activating group) is 1. The van der Waals surface area contributed by atoms with Gasteiger partial charge < -0.3 is 14.9 Å². The smallest absolute Gasteiger partial charge is 0.253 e. The quantitative estimate of drug-likeness (QED) is 0.896. The van der Waals surface area contributed by atoms with Crippen LogP contribution in [0, 0.1) is 0 Å². The van der Waals surface area contributed by atoms with E-state index in [1.165, 1.54) is 0 Å². The van der Waals surface area contributed by atoms with E-state index < -0.39 is 0 Å². The Morgan fingerprint density at radius 2 is 1.69 bits per heavy atom. The summed E-state index contributed by atoms with van der Waals surface area (Å²) in [6.45, 7) is 2.51. The molecule has 4 heteroatoms. The van der Waals surface area contributed by atoms with Crippen molar-refractivity contribution in [2.45, 2.75) is 12.8 Å². The predicted molar refractivity (Wildman–Crippen MR) is 105 cm³/mol. The Kier molecular flexibility index (Phi) is 5.74. The highest BCUT2D eigenvalue weighted by atomic mass is 16.3. The van der Waals surface area contributed by atoms with Crippen LogP contribution in [-0.2, 0) is 0 Å². The van der Waals surface area contributed by atoms with Crippen LogP contribution in [0.4, 0.5) is 0 Å². The number of carbonyl (C=O) groups excluding carboxylic acids is 1. The molecule has 1 saturated heterocycles. The van der Waals surface area contributed by atoms with Gasteiger partial charge in [-0.3, -0.25) is 4.79 Å². The van der Waals surface area contributed by atoms with Crippen molar-refractivity contribution < 1.29 is 9.90 Å². The largest absolute Gasteiger partial charge is 0.508 e. The Morgan fingerprint density at radius 3 is 2.31 bits per heavy atom. The van der Waals surface area contributed by atoms with Crippen LogP contribution < -0.4 is 0 Å². The van der Waals surface area contributed by atoms with E-state index in [1.807, 2.05) is 55.4 Å². The van der Waals surface area contributed by atoms with Crippen LogP contribution in [0.2, 0.25) is 0 Å². The summed E-state index contributed by atoms with van der Waals surface area (Å²) in [5, 5.41) is 9.84. The molecule has 1 aliphatic rings. The maximum Gasteiger partial charge on any atom is 0.253 e. The summed E-state index contributed by atoms with van der Waals surface area (Å²) < 4.78 is 0. The van der Waals surface area contributed by atoms with Crippen LogP contribution in [0.25, 0.3) is 5.57 Å². The van der Waals surface area contributed by atoms with Gasteiger partial charge in [0.2, 0.25) is 0 Å². The van der Waals surface area contributed by atoms with Crippen molar-refractivity contribution >= 4 is 11.5 Å². The van der Waals surface area contributed by atoms with Gasteiger partial charge in [-0.15, -0.1) is 0 Å². The second-order valence-corrected chi connectivity index (χ2v) is 7.01. The number of aromatic hydroxyl groups is 1. The fraction of sp³-hybridized carbons (Fsp3) is 0.318. The predicted octanol–water partition coefficient (Wildman–Crippen LogP) is 3.62. The van der Waals surface area contributed by atoms with E-state index in [0.29, 0.717) is 0 Å². The Morgan fingerprint density at radius 1 is 1.04 bits per heavy atom. The van der Waals surface area contributed by atoms with Gasteiger partial charge in [-0.25, -0.2) is 0 Å². The van der Waals surface area contributed by atoms with E-state index in [1.54, 1.807) is 12.1 Å². The molecule has 0 aromatic heterocycles. The summed E-state index contributed by atoms with van der Waals surface area (Å²) >= 11 is 0. The van der Waals surface area contributed by atoms with Crippen LogP contribution in [0.5, 0.6) is 5.75 Å². The molecule has 4 nitrogen and oxygen atoms in total. The zero-order chi connectivity index (χ0) is 18.5. The lowest BCUT2D eigenvalue weighted by atomic mass is 9.96. The molecular weight excluding hydrogens is 324 g/mol. The number of phenols is 1. The van der Waals surface area contributed by atoms with Gasteiger partial charge in [0.05, 0.1) is 0 Å². The molecule has 1 fully saturated rings. The molecule has 0 spiro atoms.